The minimum atomic E-state index is -0.177. The van der Waals surface area contributed by atoms with Crippen LogP contribution in [-0.4, -0.2) is 18.3 Å². The molecule has 0 spiro atoms. The molecular weight excluding hydrogens is 199 g/mol. The molecule has 3 atom stereocenters. The van der Waals surface area contributed by atoms with Crippen molar-refractivity contribution in [1.82, 2.24) is 0 Å². The Kier molecular flexibility index (Phi) is 2.91. The smallest absolute Gasteiger partial charge is 0.403 e. The Balaban J connectivity index is 2.09. The molecule has 1 aliphatic carbocycles. The number of rotatable bonds is 1. The first-order chi connectivity index (χ1) is 7.24. The molecule has 2 nitrogen and oxygen atoms in total. The minimum absolute atomic E-state index is 0.00458. The van der Waals surface area contributed by atoms with Crippen LogP contribution in [0, 0.1) is 11.8 Å². The maximum absolute atomic E-state index is 6.14. The van der Waals surface area contributed by atoms with Crippen LogP contribution in [-0.2, 0) is 9.31 Å². The van der Waals surface area contributed by atoms with Crippen LogP contribution in [0.25, 0.3) is 0 Å². The molecule has 0 amide bonds. The van der Waals surface area contributed by atoms with Gasteiger partial charge in [0, 0.05) is 0 Å². The summed E-state index contributed by atoms with van der Waals surface area (Å²) in [5, 5.41) is 0. The van der Waals surface area contributed by atoms with Crippen LogP contribution in [0.4, 0.5) is 0 Å². The zero-order chi connectivity index (χ0) is 12.1. The van der Waals surface area contributed by atoms with Gasteiger partial charge in [-0.2, -0.15) is 0 Å². The van der Waals surface area contributed by atoms with Gasteiger partial charge >= 0.3 is 7.12 Å². The van der Waals surface area contributed by atoms with Gasteiger partial charge in [0.1, 0.15) is 0 Å². The Morgan fingerprint density at radius 2 is 1.44 bits per heavy atom. The maximum Gasteiger partial charge on any atom is 0.461 e. The summed E-state index contributed by atoms with van der Waals surface area (Å²) in [7, 11) is 0.00458. The van der Waals surface area contributed by atoms with Crippen molar-refractivity contribution >= 4 is 7.12 Å². The van der Waals surface area contributed by atoms with Crippen LogP contribution in [0.2, 0.25) is 5.82 Å². The number of hydrogen-bond acceptors (Lipinski definition) is 2. The third kappa shape index (κ3) is 1.82. The van der Waals surface area contributed by atoms with Crippen molar-refractivity contribution in [3.05, 3.63) is 0 Å². The van der Waals surface area contributed by atoms with E-state index in [1.165, 1.54) is 12.8 Å². The molecule has 3 unspecified atom stereocenters. The first-order valence-electron chi connectivity index (χ1n) is 6.60. The third-order valence-electron chi connectivity index (χ3n) is 5.15. The minimum Gasteiger partial charge on any atom is -0.403 e. The molecule has 0 aromatic carbocycles. The van der Waals surface area contributed by atoms with Gasteiger partial charge in [0.25, 0.3) is 0 Å². The topological polar surface area (TPSA) is 18.5 Å². The summed E-state index contributed by atoms with van der Waals surface area (Å²) in [6.07, 6.45) is 2.56. The van der Waals surface area contributed by atoms with Gasteiger partial charge in [0.15, 0.2) is 0 Å². The zero-order valence-corrected chi connectivity index (χ0v) is 11.5. The second-order valence-electron chi connectivity index (χ2n) is 6.70. The predicted octanol–water partition coefficient (Wildman–Crippen LogP) is 3.51. The second-order valence-corrected chi connectivity index (χ2v) is 6.70. The highest BCUT2D eigenvalue weighted by atomic mass is 16.7. The Morgan fingerprint density at radius 1 is 0.938 bits per heavy atom. The van der Waals surface area contributed by atoms with E-state index in [0.717, 1.165) is 11.8 Å². The Hall–Kier alpha value is -0.0151. The molecular formula is C13H25BO2. The first kappa shape index (κ1) is 12.4. The lowest BCUT2D eigenvalue weighted by Crippen LogP contribution is -2.41. The van der Waals surface area contributed by atoms with E-state index < -0.39 is 0 Å². The Bertz CT molecular complexity index is 259. The largest absolute Gasteiger partial charge is 0.461 e. The molecule has 0 aromatic heterocycles. The molecule has 1 heterocycles. The average Bonchev–Trinajstić information content (AvgIpc) is 2.54. The molecule has 92 valence electrons. The molecule has 0 N–H and O–H groups in total. The molecule has 2 rings (SSSR count). The normalized spacial score (nSPS) is 41.6. The monoisotopic (exact) mass is 224 g/mol. The molecule has 0 radical (unpaired) electrons. The quantitative estimate of drug-likeness (QED) is 0.634. The van der Waals surface area contributed by atoms with Gasteiger partial charge in [-0.25, -0.2) is 0 Å². The van der Waals surface area contributed by atoms with Gasteiger partial charge < -0.3 is 9.31 Å². The van der Waals surface area contributed by atoms with Crippen molar-refractivity contribution in [2.45, 2.75) is 71.4 Å². The highest BCUT2D eigenvalue weighted by molar-refractivity contribution is 6.47. The summed E-state index contributed by atoms with van der Waals surface area (Å²) in [6.45, 7) is 13.2. The van der Waals surface area contributed by atoms with E-state index in [4.69, 9.17) is 9.31 Å². The zero-order valence-electron chi connectivity index (χ0n) is 11.5. The van der Waals surface area contributed by atoms with Crippen molar-refractivity contribution in [2.75, 3.05) is 0 Å². The lowest BCUT2D eigenvalue weighted by molar-refractivity contribution is 0.00578. The Labute approximate surface area is 100 Å². The van der Waals surface area contributed by atoms with Crippen LogP contribution in [0.3, 0.4) is 0 Å². The fourth-order valence-corrected chi connectivity index (χ4v) is 2.85. The van der Waals surface area contributed by atoms with Crippen LogP contribution < -0.4 is 0 Å². The van der Waals surface area contributed by atoms with Crippen LogP contribution in [0.15, 0.2) is 0 Å². The highest BCUT2D eigenvalue weighted by Gasteiger charge is 2.55. The molecule has 0 bridgehead atoms. The van der Waals surface area contributed by atoms with Crippen molar-refractivity contribution in [3.63, 3.8) is 0 Å². The van der Waals surface area contributed by atoms with E-state index in [0.29, 0.717) is 5.82 Å². The first-order valence-corrected chi connectivity index (χ1v) is 6.60. The molecule has 16 heavy (non-hydrogen) atoms. The molecule has 1 saturated carbocycles. The van der Waals surface area contributed by atoms with Gasteiger partial charge in [0.05, 0.1) is 11.2 Å². The standard InChI is InChI=1S/C13H25BO2/c1-9-7-8-11(10(9)2)14-15-12(3,4)13(5,6)16-14/h9-11H,7-8H2,1-6H3. The lowest BCUT2D eigenvalue weighted by Gasteiger charge is -2.32. The summed E-state index contributed by atoms with van der Waals surface area (Å²) in [6, 6.07) is 0. The van der Waals surface area contributed by atoms with E-state index in [9.17, 15) is 0 Å². The van der Waals surface area contributed by atoms with E-state index in [-0.39, 0.29) is 18.3 Å². The average molecular weight is 224 g/mol. The molecule has 1 aliphatic heterocycles. The van der Waals surface area contributed by atoms with E-state index in [2.05, 4.69) is 41.5 Å². The lowest BCUT2D eigenvalue weighted by atomic mass is 9.66. The summed E-state index contributed by atoms with van der Waals surface area (Å²) in [5.41, 5.74) is -0.355. The number of hydrogen-bond donors (Lipinski definition) is 0. The summed E-state index contributed by atoms with van der Waals surface area (Å²) >= 11 is 0. The molecule has 2 aliphatic rings. The fourth-order valence-electron chi connectivity index (χ4n) is 2.85. The third-order valence-corrected chi connectivity index (χ3v) is 5.15. The SMILES string of the molecule is CC1CCC(B2OC(C)(C)C(C)(C)O2)C1C. The predicted molar refractivity (Wildman–Crippen MR) is 67.4 cm³/mol. The molecule has 3 heteroatoms. The summed E-state index contributed by atoms with van der Waals surface area (Å²) in [5.74, 6) is 2.11. The fraction of sp³-hybridized carbons (Fsp3) is 1.00. The van der Waals surface area contributed by atoms with Gasteiger partial charge in [0.2, 0.25) is 0 Å². The molecule has 0 aromatic rings. The maximum atomic E-state index is 6.14. The molecule has 2 fully saturated rings. The highest BCUT2D eigenvalue weighted by Crippen LogP contribution is 2.48. The van der Waals surface area contributed by atoms with Crippen molar-refractivity contribution < 1.29 is 9.31 Å². The summed E-state index contributed by atoms with van der Waals surface area (Å²) in [4.78, 5) is 0. The van der Waals surface area contributed by atoms with Gasteiger partial charge in [-0.1, -0.05) is 26.7 Å². The van der Waals surface area contributed by atoms with Crippen molar-refractivity contribution in [2.24, 2.45) is 11.8 Å². The van der Waals surface area contributed by atoms with Crippen LogP contribution in [0.1, 0.15) is 54.4 Å². The summed E-state index contributed by atoms with van der Waals surface area (Å²) < 4.78 is 12.3. The van der Waals surface area contributed by atoms with E-state index >= 15 is 0 Å². The second kappa shape index (κ2) is 3.74. The van der Waals surface area contributed by atoms with Gasteiger partial charge in [-0.3, -0.25) is 0 Å². The van der Waals surface area contributed by atoms with Crippen LogP contribution >= 0.6 is 0 Å². The van der Waals surface area contributed by atoms with Gasteiger partial charge in [-0.05, 0) is 45.3 Å². The Morgan fingerprint density at radius 3 is 1.81 bits per heavy atom. The van der Waals surface area contributed by atoms with Crippen molar-refractivity contribution in [3.8, 4) is 0 Å². The van der Waals surface area contributed by atoms with E-state index in [1.807, 2.05) is 0 Å². The molecule has 1 saturated heterocycles. The van der Waals surface area contributed by atoms with Gasteiger partial charge in [-0.15, -0.1) is 0 Å². The van der Waals surface area contributed by atoms with Crippen LogP contribution in [0.5, 0.6) is 0 Å². The van der Waals surface area contributed by atoms with E-state index in [1.54, 1.807) is 0 Å². The van der Waals surface area contributed by atoms with Crippen molar-refractivity contribution in [1.29, 1.82) is 0 Å².